The molecule has 0 bridgehead atoms. The number of halogens is 1. The van der Waals surface area contributed by atoms with Gasteiger partial charge in [0.15, 0.2) is 0 Å². The normalized spacial score (nSPS) is 22.2. The minimum Gasteiger partial charge on any atom is -0.497 e. The maximum Gasteiger partial charge on any atom is 0.207 e. The van der Waals surface area contributed by atoms with Crippen LogP contribution in [0, 0.1) is 0 Å². The highest BCUT2D eigenvalue weighted by Gasteiger charge is 2.11. The third kappa shape index (κ3) is 3.23. The highest BCUT2D eigenvalue weighted by molar-refractivity contribution is 5.49. The number of hydrogen-bond acceptors (Lipinski definition) is 2. The van der Waals surface area contributed by atoms with Gasteiger partial charge >= 0.3 is 0 Å². The van der Waals surface area contributed by atoms with Gasteiger partial charge in [-0.25, -0.2) is 4.39 Å². The first kappa shape index (κ1) is 11.5. The summed E-state index contributed by atoms with van der Waals surface area (Å²) in [5.74, 6) is 0.460. The van der Waals surface area contributed by atoms with Crippen LogP contribution < -0.4 is 5.32 Å². The van der Waals surface area contributed by atoms with E-state index in [-0.39, 0.29) is 6.04 Å². The van der Waals surface area contributed by atoms with Gasteiger partial charge in [-0.3, -0.25) is 4.79 Å². The molecule has 0 radical (unpaired) electrons. The molecule has 0 fully saturated rings. The SMILES string of the molecule is COC1=CC(F)C=CC([C@H](C)NC=O)=C1. The molecule has 0 heterocycles. The van der Waals surface area contributed by atoms with Crippen molar-refractivity contribution in [3.05, 3.63) is 35.6 Å². The second-order valence-corrected chi connectivity index (χ2v) is 3.23. The van der Waals surface area contributed by atoms with Gasteiger partial charge in [0.1, 0.15) is 11.9 Å². The summed E-state index contributed by atoms with van der Waals surface area (Å²) in [7, 11) is 1.48. The molecule has 0 saturated heterocycles. The molecule has 0 aromatic heterocycles. The van der Waals surface area contributed by atoms with Gasteiger partial charge in [0.05, 0.1) is 13.2 Å². The number of hydrogen-bond donors (Lipinski definition) is 1. The van der Waals surface area contributed by atoms with E-state index in [4.69, 9.17) is 4.74 Å². The average Bonchev–Trinajstić information content (AvgIpc) is 2.40. The molecule has 0 saturated carbocycles. The Morgan fingerprint density at radius 3 is 3.00 bits per heavy atom. The molecule has 3 nitrogen and oxygen atoms in total. The Hall–Kier alpha value is -1.58. The number of methoxy groups -OCH3 is 1. The van der Waals surface area contributed by atoms with Crippen LogP contribution in [-0.4, -0.2) is 25.7 Å². The lowest BCUT2D eigenvalue weighted by molar-refractivity contribution is -0.109. The molecule has 1 rings (SSSR count). The largest absolute Gasteiger partial charge is 0.497 e. The van der Waals surface area contributed by atoms with Crippen molar-refractivity contribution in [2.75, 3.05) is 7.11 Å². The molecule has 0 aliphatic heterocycles. The van der Waals surface area contributed by atoms with Crippen LogP contribution in [0.3, 0.4) is 0 Å². The molecule has 2 atom stereocenters. The maximum atomic E-state index is 13.1. The second-order valence-electron chi connectivity index (χ2n) is 3.23. The fraction of sp³-hybridized carbons (Fsp3) is 0.364. The lowest BCUT2D eigenvalue weighted by Crippen LogP contribution is -2.25. The summed E-state index contributed by atoms with van der Waals surface area (Å²) < 4.78 is 18.1. The summed E-state index contributed by atoms with van der Waals surface area (Å²) in [6.07, 6.45) is 5.61. The number of rotatable bonds is 4. The quantitative estimate of drug-likeness (QED) is 0.715. The van der Waals surface area contributed by atoms with Gasteiger partial charge < -0.3 is 10.1 Å². The number of carbonyl (C=O) groups is 1. The summed E-state index contributed by atoms with van der Waals surface area (Å²) in [4.78, 5) is 10.3. The monoisotopic (exact) mass is 211 g/mol. The van der Waals surface area contributed by atoms with Crippen LogP contribution in [0.25, 0.3) is 0 Å². The first-order valence-corrected chi connectivity index (χ1v) is 4.66. The van der Waals surface area contributed by atoms with Crippen molar-refractivity contribution >= 4 is 6.41 Å². The number of nitrogens with one attached hydrogen (secondary N) is 1. The highest BCUT2D eigenvalue weighted by Crippen LogP contribution is 2.16. The number of alkyl halides is 1. The number of carbonyl (C=O) groups excluding carboxylic acids is 1. The van der Waals surface area contributed by atoms with Gasteiger partial charge in [-0.1, -0.05) is 6.08 Å². The van der Waals surface area contributed by atoms with Crippen molar-refractivity contribution in [2.45, 2.75) is 19.1 Å². The highest BCUT2D eigenvalue weighted by atomic mass is 19.1. The molecule has 0 aromatic rings. The van der Waals surface area contributed by atoms with E-state index in [0.29, 0.717) is 12.2 Å². The van der Waals surface area contributed by atoms with E-state index in [0.717, 1.165) is 5.57 Å². The lowest BCUT2D eigenvalue weighted by atomic mass is 10.1. The van der Waals surface area contributed by atoms with E-state index in [1.807, 2.05) is 6.92 Å². The van der Waals surface area contributed by atoms with Gasteiger partial charge in [-0.15, -0.1) is 0 Å². The second kappa shape index (κ2) is 5.34. The standard InChI is InChI=1S/C11H14FNO2/c1-8(13-7-14)9-3-4-10(12)6-11(5-9)15-2/h3-8,10H,1-2H3,(H,13,14)/t8-,10?/m0/s1. The number of amides is 1. The van der Waals surface area contributed by atoms with Crippen LogP contribution in [0.5, 0.6) is 0 Å². The number of allylic oxidation sites excluding steroid dienone is 3. The van der Waals surface area contributed by atoms with Crippen LogP contribution in [0.15, 0.2) is 35.6 Å². The van der Waals surface area contributed by atoms with Crippen LogP contribution in [0.4, 0.5) is 4.39 Å². The molecule has 1 unspecified atom stereocenters. The molecule has 1 aliphatic carbocycles. The molecule has 15 heavy (non-hydrogen) atoms. The Morgan fingerprint density at radius 2 is 2.40 bits per heavy atom. The van der Waals surface area contributed by atoms with Crippen molar-refractivity contribution < 1.29 is 13.9 Å². The van der Waals surface area contributed by atoms with Gasteiger partial charge in [0.25, 0.3) is 0 Å². The van der Waals surface area contributed by atoms with E-state index in [1.165, 1.54) is 19.3 Å². The van der Waals surface area contributed by atoms with Crippen molar-refractivity contribution in [3.63, 3.8) is 0 Å². The summed E-state index contributed by atoms with van der Waals surface area (Å²) in [5, 5.41) is 2.60. The van der Waals surface area contributed by atoms with E-state index < -0.39 is 6.17 Å². The zero-order valence-electron chi connectivity index (χ0n) is 8.74. The zero-order chi connectivity index (χ0) is 11.3. The fourth-order valence-electron chi connectivity index (χ4n) is 1.27. The molecule has 1 N–H and O–H groups in total. The molecule has 1 amide bonds. The molecule has 0 aromatic carbocycles. The Balaban J connectivity index is 2.88. The predicted molar refractivity (Wildman–Crippen MR) is 55.9 cm³/mol. The lowest BCUT2D eigenvalue weighted by Gasteiger charge is -2.11. The molecular weight excluding hydrogens is 197 g/mol. The van der Waals surface area contributed by atoms with Gasteiger partial charge in [-0.2, -0.15) is 0 Å². The maximum absolute atomic E-state index is 13.1. The fourth-order valence-corrected chi connectivity index (χ4v) is 1.27. The van der Waals surface area contributed by atoms with Crippen LogP contribution in [0.1, 0.15) is 6.92 Å². The van der Waals surface area contributed by atoms with Gasteiger partial charge in [0.2, 0.25) is 6.41 Å². The van der Waals surface area contributed by atoms with Crippen LogP contribution in [0.2, 0.25) is 0 Å². The predicted octanol–water partition coefficient (Wildman–Crippen LogP) is 1.49. The van der Waals surface area contributed by atoms with Crippen LogP contribution >= 0.6 is 0 Å². The van der Waals surface area contributed by atoms with Crippen molar-refractivity contribution in [1.82, 2.24) is 5.32 Å². The van der Waals surface area contributed by atoms with E-state index in [1.54, 1.807) is 12.2 Å². The zero-order valence-corrected chi connectivity index (χ0v) is 8.74. The van der Waals surface area contributed by atoms with Crippen LogP contribution in [-0.2, 0) is 9.53 Å². The van der Waals surface area contributed by atoms with Gasteiger partial charge in [-0.05, 0) is 30.7 Å². The summed E-state index contributed by atoms with van der Waals surface area (Å²) in [6.45, 7) is 1.82. The Morgan fingerprint density at radius 1 is 1.67 bits per heavy atom. The van der Waals surface area contributed by atoms with E-state index in [2.05, 4.69) is 5.32 Å². The van der Waals surface area contributed by atoms with Crippen molar-refractivity contribution in [2.24, 2.45) is 0 Å². The molecule has 0 spiro atoms. The minimum absolute atomic E-state index is 0.164. The molecular formula is C11H14FNO2. The Kier molecular flexibility index (Phi) is 4.09. The van der Waals surface area contributed by atoms with E-state index in [9.17, 15) is 9.18 Å². The Bertz CT molecular complexity index is 321. The van der Waals surface area contributed by atoms with Gasteiger partial charge in [0, 0.05) is 0 Å². The molecule has 82 valence electrons. The van der Waals surface area contributed by atoms with Crippen molar-refractivity contribution in [1.29, 1.82) is 0 Å². The first-order chi connectivity index (χ1) is 7.17. The molecule has 4 heteroatoms. The minimum atomic E-state index is -1.16. The topological polar surface area (TPSA) is 38.3 Å². The third-order valence-electron chi connectivity index (χ3n) is 2.16. The Labute approximate surface area is 88.3 Å². The molecule has 1 aliphatic rings. The van der Waals surface area contributed by atoms with Crippen molar-refractivity contribution in [3.8, 4) is 0 Å². The summed E-state index contributed by atoms with van der Waals surface area (Å²) in [5.41, 5.74) is 0.801. The summed E-state index contributed by atoms with van der Waals surface area (Å²) in [6, 6.07) is -0.164. The third-order valence-corrected chi connectivity index (χ3v) is 2.16. The smallest absolute Gasteiger partial charge is 0.207 e. The average molecular weight is 211 g/mol. The number of ether oxygens (including phenoxy) is 1. The summed E-state index contributed by atoms with van der Waals surface area (Å²) >= 11 is 0. The first-order valence-electron chi connectivity index (χ1n) is 4.66. The van der Waals surface area contributed by atoms with E-state index >= 15 is 0 Å².